The fourth-order valence-corrected chi connectivity index (χ4v) is 3.98. The molecule has 1 aromatic carbocycles. The van der Waals surface area contributed by atoms with E-state index in [0.29, 0.717) is 51.6 Å². The molecule has 1 amide bonds. The second kappa shape index (κ2) is 9.58. The molecule has 3 heterocycles. The van der Waals surface area contributed by atoms with Crippen LogP contribution in [0, 0.1) is 13.8 Å². The number of furan rings is 1. The predicted molar refractivity (Wildman–Crippen MR) is 129 cm³/mol. The summed E-state index contributed by atoms with van der Waals surface area (Å²) in [6.07, 6.45) is 0. The van der Waals surface area contributed by atoms with Crippen molar-refractivity contribution in [3.63, 3.8) is 0 Å². The van der Waals surface area contributed by atoms with Crippen LogP contribution in [0.4, 0.5) is 5.88 Å². The van der Waals surface area contributed by atoms with Crippen molar-refractivity contribution in [1.82, 2.24) is 25.1 Å². The molecule has 184 valence electrons. The summed E-state index contributed by atoms with van der Waals surface area (Å²) in [4.78, 5) is 46.8. The summed E-state index contributed by atoms with van der Waals surface area (Å²) in [5.74, 6) is 1.45. The van der Waals surface area contributed by atoms with Gasteiger partial charge in [-0.15, -0.1) is 0 Å². The monoisotopic (exact) mass is 482 g/mol. The van der Waals surface area contributed by atoms with Crippen molar-refractivity contribution in [2.75, 3.05) is 32.6 Å². The van der Waals surface area contributed by atoms with Crippen LogP contribution in [0.25, 0.3) is 21.7 Å². The highest BCUT2D eigenvalue weighted by Crippen LogP contribution is 2.30. The Kier molecular flexibility index (Phi) is 6.56. The maximum atomic E-state index is 12.8. The summed E-state index contributed by atoms with van der Waals surface area (Å²) in [5, 5.41) is 10.2. The minimum Gasteiger partial charge on any atom is -0.493 e. The first-order valence-corrected chi connectivity index (χ1v) is 10.9. The van der Waals surface area contributed by atoms with Gasteiger partial charge in [0.15, 0.2) is 11.5 Å². The van der Waals surface area contributed by atoms with Gasteiger partial charge in [-0.3, -0.25) is 24.6 Å². The molecule has 0 atom stereocenters. The third-order valence-corrected chi connectivity index (χ3v) is 5.70. The van der Waals surface area contributed by atoms with Crippen molar-refractivity contribution in [3.8, 4) is 11.5 Å². The second-order valence-corrected chi connectivity index (χ2v) is 7.96. The molecule has 0 fully saturated rings. The van der Waals surface area contributed by atoms with Gasteiger partial charge in [0.05, 0.1) is 49.3 Å². The Hall–Kier alpha value is -4.19. The number of likely N-dealkylation sites (N-methyl/N-ethyl adjacent to an activating group) is 1. The number of nitrogens with zero attached hydrogens (tertiary/aromatic N) is 3. The number of rotatable bonds is 8. The number of hydrogen-bond acceptors (Lipinski definition) is 9. The minimum absolute atomic E-state index is 0.0204. The number of methoxy groups -OCH3 is 2. The van der Waals surface area contributed by atoms with E-state index in [1.54, 1.807) is 30.9 Å². The van der Waals surface area contributed by atoms with Crippen LogP contribution in [0.5, 0.6) is 11.5 Å². The van der Waals surface area contributed by atoms with Crippen molar-refractivity contribution in [3.05, 3.63) is 50.1 Å². The lowest BCUT2D eigenvalue weighted by Gasteiger charge is -2.19. The molecule has 0 saturated heterocycles. The van der Waals surface area contributed by atoms with Gasteiger partial charge in [-0.05, 0) is 26.5 Å². The number of H-pyrrole nitrogens is 2. The van der Waals surface area contributed by atoms with Gasteiger partial charge in [-0.2, -0.15) is 5.10 Å². The summed E-state index contributed by atoms with van der Waals surface area (Å²) in [7, 11) is 3.00. The maximum absolute atomic E-state index is 12.8. The quantitative estimate of drug-likeness (QED) is 0.341. The third-order valence-electron chi connectivity index (χ3n) is 5.70. The zero-order chi connectivity index (χ0) is 25.3. The fourth-order valence-electron chi connectivity index (χ4n) is 3.98. The molecule has 4 rings (SSSR count). The van der Waals surface area contributed by atoms with E-state index in [4.69, 9.17) is 13.9 Å². The van der Waals surface area contributed by atoms with Crippen molar-refractivity contribution in [1.29, 1.82) is 0 Å². The topological polar surface area (TPSA) is 155 Å². The van der Waals surface area contributed by atoms with Crippen LogP contribution in [-0.2, 0) is 11.3 Å². The van der Waals surface area contributed by atoms with Crippen molar-refractivity contribution < 1.29 is 18.7 Å². The predicted octanol–water partition coefficient (Wildman–Crippen LogP) is 1.85. The molecule has 0 unspecified atom stereocenters. The molecule has 3 N–H and O–H groups in total. The van der Waals surface area contributed by atoms with Crippen molar-refractivity contribution in [2.45, 2.75) is 27.3 Å². The zero-order valence-electron chi connectivity index (χ0n) is 20.1. The van der Waals surface area contributed by atoms with E-state index in [0.717, 1.165) is 0 Å². The maximum Gasteiger partial charge on any atom is 0.277 e. The molecule has 0 aliphatic heterocycles. The van der Waals surface area contributed by atoms with Crippen molar-refractivity contribution >= 4 is 33.5 Å². The highest BCUT2D eigenvalue weighted by molar-refractivity contribution is 6.01. The molecule has 0 aliphatic carbocycles. The lowest BCUT2D eigenvalue weighted by Crippen LogP contribution is -2.34. The van der Waals surface area contributed by atoms with Gasteiger partial charge in [0, 0.05) is 6.07 Å². The molecule has 4 aromatic rings. The molecular formula is C23H26N6O6. The van der Waals surface area contributed by atoms with E-state index < -0.39 is 5.56 Å². The van der Waals surface area contributed by atoms with Crippen LogP contribution in [0.15, 0.2) is 26.1 Å². The van der Waals surface area contributed by atoms with Crippen molar-refractivity contribution in [2.24, 2.45) is 0 Å². The average molecular weight is 482 g/mol. The molecule has 35 heavy (non-hydrogen) atoms. The fraction of sp³-hybridized carbons (Fsp3) is 0.348. The number of amides is 1. The molecule has 0 saturated carbocycles. The van der Waals surface area contributed by atoms with Gasteiger partial charge in [-0.1, -0.05) is 6.92 Å². The lowest BCUT2D eigenvalue weighted by atomic mass is 10.2. The number of carbonyl (C=O) groups excluding carboxylic acids is 1. The Balaban J connectivity index is 1.55. The number of aromatic amines is 2. The first-order valence-electron chi connectivity index (χ1n) is 10.9. The van der Waals surface area contributed by atoms with Crippen LogP contribution >= 0.6 is 0 Å². The smallest absolute Gasteiger partial charge is 0.277 e. The van der Waals surface area contributed by atoms with Crippen LogP contribution in [0.3, 0.4) is 0 Å². The molecule has 3 aromatic heterocycles. The first kappa shape index (κ1) is 24.0. The van der Waals surface area contributed by atoms with E-state index in [9.17, 15) is 14.4 Å². The van der Waals surface area contributed by atoms with Crippen LogP contribution < -0.4 is 25.9 Å². The molecule has 12 nitrogen and oxygen atoms in total. The molecule has 12 heteroatoms. The highest BCUT2D eigenvalue weighted by Gasteiger charge is 2.20. The number of hydrogen-bond donors (Lipinski definition) is 3. The van der Waals surface area contributed by atoms with Gasteiger partial charge in [0.2, 0.25) is 11.8 Å². The molecule has 0 aliphatic rings. The Bertz CT molecular complexity index is 1540. The van der Waals surface area contributed by atoms with Gasteiger partial charge in [-0.25, -0.2) is 10.1 Å². The van der Waals surface area contributed by atoms with Crippen LogP contribution in [0.1, 0.15) is 24.2 Å². The van der Waals surface area contributed by atoms with Crippen LogP contribution in [0.2, 0.25) is 0 Å². The average Bonchev–Trinajstić information content (AvgIpc) is 3.16. The van der Waals surface area contributed by atoms with E-state index >= 15 is 0 Å². The zero-order valence-corrected chi connectivity index (χ0v) is 20.1. The number of aromatic nitrogens is 4. The van der Waals surface area contributed by atoms with Crippen LogP contribution in [-0.4, -0.2) is 58.3 Å². The van der Waals surface area contributed by atoms with Gasteiger partial charge < -0.3 is 18.9 Å². The largest absolute Gasteiger partial charge is 0.493 e. The van der Waals surface area contributed by atoms with E-state index in [1.165, 1.54) is 14.2 Å². The SMILES string of the molecule is CCN(CC(=O)Nc1oc(C)c2c(C)n[nH]c(=O)c12)Cc1nc2cc(OC)c(OC)cc2c(=O)[nH]1. The number of ether oxygens (including phenoxy) is 2. The minimum atomic E-state index is -0.449. The summed E-state index contributed by atoms with van der Waals surface area (Å²) < 4.78 is 16.2. The number of carbonyl (C=O) groups is 1. The highest BCUT2D eigenvalue weighted by atomic mass is 16.5. The Labute approximate surface area is 199 Å². The number of aryl methyl sites for hydroxylation is 2. The van der Waals surface area contributed by atoms with E-state index in [2.05, 4.69) is 25.5 Å². The number of benzene rings is 1. The molecule has 0 bridgehead atoms. The number of nitrogens with one attached hydrogen (secondary N) is 3. The standard InChI is InChI=1S/C23H26N6O6/c1-6-29(9-17-24-14-8-16(34-5)15(33-4)7-13(14)21(31)25-17)10-18(30)26-23-20-19(12(3)35-23)11(2)27-28-22(20)32/h7-8H,6,9-10H2,1-5H3,(H,26,30)(H,28,32)(H,24,25,31). The van der Waals surface area contributed by atoms with Gasteiger partial charge in [0.1, 0.15) is 17.0 Å². The summed E-state index contributed by atoms with van der Waals surface area (Å²) >= 11 is 0. The second-order valence-electron chi connectivity index (χ2n) is 7.96. The van der Waals surface area contributed by atoms with E-state index in [1.807, 2.05) is 6.92 Å². The number of fused-ring (bicyclic) bond motifs is 2. The normalized spacial score (nSPS) is 11.4. The summed E-state index contributed by atoms with van der Waals surface area (Å²) in [5.41, 5.74) is 0.266. The van der Waals surface area contributed by atoms with Gasteiger partial charge in [0.25, 0.3) is 11.1 Å². The molecule has 0 radical (unpaired) electrons. The summed E-state index contributed by atoms with van der Waals surface area (Å²) in [6, 6.07) is 3.21. The van der Waals surface area contributed by atoms with E-state index in [-0.39, 0.29) is 35.8 Å². The molecular weight excluding hydrogens is 456 g/mol. The summed E-state index contributed by atoms with van der Waals surface area (Å²) in [6.45, 7) is 6.03. The Morgan fingerprint density at radius 3 is 2.51 bits per heavy atom. The Morgan fingerprint density at radius 2 is 1.83 bits per heavy atom. The van der Waals surface area contributed by atoms with Gasteiger partial charge >= 0.3 is 0 Å². The number of anilines is 1. The first-order chi connectivity index (χ1) is 16.7. The molecule has 0 spiro atoms. The lowest BCUT2D eigenvalue weighted by molar-refractivity contribution is -0.117. The Morgan fingerprint density at radius 1 is 1.11 bits per heavy atom. The third kappa shape index (κ3) is 4.60.